The number of anilines is 1. The van der Waals surface area contributed by atoms with E-state index in [9.17, 15) is 14.4 Å². The van der Waals surface area contributed by atoms with E-state index in [4.69, 9.17) is 0 Å². The topological polar surface area (TPSA) is 104 Å². The normalized spacial score (nSPS) is 13.5. The van der Waals surface area contributed by atoms with E-state index in [0.717, 1.165) is 16.2 Å². The van der Waals surface area contributed by atoms with Crippen molar-refractivity contribution in [3.05, 3.63) is 65.3 Å². The number of amides is 4. The average Bonchev–Trinajstić information content (AvgIpc) is 3.31. The van der Waals surface area contributed by atoms with Gasteiger partial charge < -0.3 is 5.32 Å². The number of rotatable bonds is 5. The Morgan fingerprint density at radius 2 is 2.07 bits per heavy atom. The van der Waals surface area contributed by atoms with E-state index in [2.05, 4.69) is 20.6 Å². The van der Waals surface area contributed by atoms with Gasteiger partial charge in [0, 0.05) is 28.9 Å². The Hall–Kier alpha value is -3.59. The van der Waals surface area contributed by atoms with Crippen LogP contribution in [0.3, 0.4) is 0 Å². The zero-order chi connectivity index (χ0) is 19.5. The van der Waals surface area contributed by atoms with Crippen molar-refractivity contribution < 1.29 is 14.4 Å². The summed E-state index contributed by atoms with van der Waals surface area (Å²) in [4.78, 5) is 45.9. The highest BCUT2D eigenvalue weighted by Crippen LogP contribution is 2.25. The van der Waals surface area contributed by atoms with Crippen molar-refractivity contribution in [2.45, 2.75) is 6.54 Å². The van der Waals surface area contributed by atoms with Crippen LogP contribution in [0.15, 0.2) is 54.2 Å². The second kappa shape index (κ2) is 7.57. The van der Waals surface area contributed by atoms with Gasteiger partial charge in [-0.3, -0.25) is 24.8 Å². The van der Waals surface area contributed by atoms with E-state index >= 15 is 0 Å². The summed E-state index contributed by atoms with van der Waals surface area (Å²) in [5, 5.41) is 7.54. The number of carbonyl (C=O) groups excluding carboxylic acids is 3. The van der Waals surface area contributed by atoms with E-state index in [-0.39, 0.29) is 24.9 Å². The van der Waals surface area contributed by atoms with Crippen molar-refractivity contribution in [3.63, 3.8) is 0 Å². The number of nitrogens with one attached hydrogen (secondary N) is 2. The SMILES string of the molecule is O=C(Nc1nc(-c2cccnc2)cs1)c1ccccc1CN1C(=O)CNC1=O. The van der Waals surface area contributed by atoms with Crippen LogP contribution in [0.2, 0.25) is 0 Å². The minimum atomic E-state index is -0.457. The largest absolute Gasteiger partial charge is 0.329 e. The van der Waals surface area contributed by atoms with Crippen LogP contribution < -0.4 is 10.6 Å². The number of urea groups is 1. The van der Waals surface area contributed by atoms with Crippen LogP contribution in [0.5, 0.6) is 0 Å². The van der Waals surface area contributed by atoms with Crippen LogP contribution in [-0.4, -0.2) is 39.3 Å². The Morgan fingerprint density at radius 3 is 2.82 bits per heavy atom. The third-order valence-corrected chi connectivity index (χ3v) is 4.97. The van der Waals surface area contributed by atoms with Gasteiger partial charge in [0.15, 0.2) is 5.13 Å². The Balaban J connectivity index is 1.52. The molecule has 0 spiro atoms. The number of nitrogens with zero attached hydrogens (tertiary/aromatic N) is 3. The molecular formula is C19H15N5O3S. The van der Waals surface area contributed by atoms with Crippen molar-refractivity contribution in [2.75, 3.05) is 11.9 Å². The minimum Gasteiger partial charge on any atom is -0.329 e. The molecule has 1 aliphatic heterocycles. The summed E-state index contributed by atoms with van der Waals surface area (Å²) in [6.45, 7) is 0.0104. The van der Waals surface area contributed by atoms with Crippen LogP contribution in [-0.2, 0) is 11.3 Å². The monoisotopic (exact) mass is 393 g/mol. The van der Waals surface area contributed by atoms with Gasteiger partial charge >= 0.3 is 6.03 Å². The van der Waals surface area contributed by atoms with E-state index in [0.29, 0.717) is 16.3 Å². The molecule has 1 saturated heterocycles. The van der Waals surface area contributed by atoms with E-state index in [1.807, 2.05) is 17.5 Å². The second-order valence-corrected chi connectivity index (χ2v) is 6.89. The quantitative estimate of drug-likeness (QED) is 0.648. The fraction of sp³-hybridized carbons (Fsp3) is 0.105. The first-order valence-corrected chi connectivity index (χ1v) is 9.33. The second-order valence-electron chi connectivity index (χ2n) is 6.03. The summed E-state index contributed by atoms with van der Waals surface area (Å²) in [5.74, 6) is -0.670. The molecular weight excluding hydrogens is 378 g/mol. The standard InChI is InChI=1S/C19H15N5O3S/c25-16-9-21-19(27)24(16)10-13-4-1-2-6-14(13)17(26)23-18-22-15(11-28-18)12-5-3-7-20-8-12/h1-8,11H,9-10H2,(H,21,27)(H,22,23,26). The molecule has 0 aliphatic carbocycles. The molecule has 8 nitrogen and oxygen atoms in total. The summed E-state index contributed by atoms with van der Waals surface area (Å²) in [6.07, 6.45) is 3.38. The fourth-order valence-electron chi connectivity index (χ4n) is 2.81. The predicted molar refractivity (Wildman–Crippen MR) is 104 cm³/mol. The minimum absolute atomic E-state index is 0.0244. The maximum absolute atomic E-state index is 12.8. The molecule has 0 bridgehead atoms. The summed E-state index contributed by atoms with van der Waals surface area (Å²) in [5.41, 5.74) is 2.54. The number of aromatic nitrogens is 2. The third kappa shape index (κ3) is 3.60. The molecule has 1 aromatic carbocycles. The Kier molecular flexibility index (Phi) is 4.81. The number of imide groups is 1. The van der Waals surface area contributed by atoms with Gasteiger partial charge in [-0.05, 0) is 23.8 Å². The van der Waals surface area contributed by atoms with Crippen molar-refractivity contribution in [2.24, 2.45) is 0 Å². The molecule has 28 heavy (non-hydrogen) atoms. The predicted octanol–water partition coefficient (Wildman–Crippen LogP) is 2.51. The summed E-state index contributed by atoms with van der Waals surface area (Å²) in [7, 11) is 0. The van der Waals surface area contributed by atoms with Gasteiger partial charge in [-0.25, -0.2) is 9.78 Å². The average molecular weight is 393 g/mol. The first-order chi connectivity index (χ1) is 13.6. The number of hydrogen-bond donors (Lipinski definition) is 2. The number of thiazole rings is 1. The van der Waals surface area contributed by atoms with Gasteiger partial charge in [-0.15, -0.1) is 11.3 Å². The van der Waals surface area contributed by atoms with E-state index in [1.165, 1.54) is 11.3 Å². The summed E-state index contributed by atoms with van der Waals surface area (Å²) < 4.78 is 0. The lowest BCUT2D eigenvalue weighted by molar-refractivity contribution is -0.125. The molecule has 1 fully saturated rings. The van der Waals surface area contributed by atoms with Gasteiger partial charge in [0.25, 0.3) is 5.91 Å². The molecule has 140 valence electrons. The molecule has 2 N–H and O–H groups in total. The van der Waals surface area contributed by atoms with Gasteiger partial charge in [0.05, 0.1) is 18.8 Å². The molecule has 9 heteroatoms. The highest BCUT2D eigenvalue weighted by atomic mass is 32.1. The molecule has 3 heterocycles. The molecule has 0 radical (unpaired) electrons. The molecule has 2 aromatic heterocycles. The Morgan fingerprint density at radius 1 is 1.21 bits per heavy atom. The van der Waals surface area contributed by atoms with E-state index in [1.54, 1.807) is 36.7 Å². The lowest BCUT2D eigenvalue weighted by atomic mass is 10.1. The zero-order valence-electron chi connectivity index (χ0n) is 14.6. The maximum atomic E-state index is 12.8. The summed E-state index contributed by atoms with van der Waals surface area (Å²) in [6, 6.07) is 10.1. The molecule has 1 aliphatic rings. The Labute approximate surface area is 164 Å². The van der Waals surface area contributed by atoms with Crippen molar-refractivity contribution in [1.29, 1.82) is 0 Å². The molecule has 0 saturated carbocycles. The van der Waals surface area contributed by atoms with Gasteiger partial charge in [-0.1, -0.05) is 18.2 Å². The van der Waals surface area contributed by atoms with Gasteiger partial charge in [-0.2, -0.15) is 0 Å². The van der Waals surface area contributed by atoms with Gasteiger partial charge in [0.2, 0.25) is 5.91 Å². The van der Waals surface area contributed by atoms with Crippen LogP contribution in [0.1, 0.15) is 15.9 Å². The van der Waals surface area contributed by atoms with Crippen LogP contribution in [0, 0.1) is 0 Å². The lowest BCUT2D eigenvalue weighted by Crippen LogP contribution is -2.31. The van der Waals surface area contributed by atoms with E-state index < -0.39 is 6.03 Å². The number of carbonyl (C=O) groups is 3. The molecule has 3 aromatic rings. The van der Waals surface area contributed by atoms with Crippen molar-refractivity contribution in [1.82, 2.24) is 20.2 Å². The molecule has 4 rings (SSSR count). The fourth-order valence-corrected chi connectivity index (χ4v) is 3.52. The first-order valence-electron chi connectivity index (χ1n) is 8.45. The number of hydrogen-bond acceptors (Lipinski definition) is 6. The first kappa shape index (κ1) is 17.8. The smallest absolute Gasteiger partial charge is 0.324 e. The zero-order valence-corrected chi connectivity index (χ0v) is 15.4. The van der Waals surface area contributed by atoms with Crippen LogP contribution in [0.4, 0.5) is 9.93 Å². The molecule has 4 amide bonds. The maximum Gasteiger partial charge on any atom is 0.324 e. The highest BCUT2D eigenvalue weighted by Gasteiger charge is 2.29. The number of pyridine rings is 1. The number of benzene rings is 1. The van der Waals surface area contributed by atoms with Crippen molar-refractivity contribution in [3.8, 4) is 11.3 Å². The van der Waals surface area contributed by atoms with Gasteiger partial charge in [0.1, 0.15) is 0 Å². The summed E-state index contributed by atoms with van der Waals surface area (Å²) >= 11 is 1.31. The lowest BCUT2D eigenvalue weighted by Gasteiger charge is -2.15. The van der Waals surface area contributed by atoms with Crippen LogP contribution in [0.25, 0.3) is 11.3 Å². The molecule has 0 atom stereocenters. The molecule has 0 unspecified atom stereocenters. The third-order valence-electron chi connectivity index (χ3n) is 4.21. The van der Waals surface area contributed by atoms with Crippen LogP contribution >= 0.6 is 11.3 Å². The Bertz CT molecular complexity index is 1030. The highest BCUT2D eigenvalue weighted by molar-refractivity contribution is 7.14. The van der Waals surface area contributed by atoms with Crippen molar-refractivity contribution >= 4 is 34.3 Å².